The minimum absolute atomic E-state index is 0.297. The third-order valence-corrected chi connectivity index (χ3v) is 4.39. The Morgan fingerprint density at radius 2 is 2.41 bits per heavy atom. The first kappa shape index (κ1) is 12.1. The van der Waals surface area contributed by atoms with Crippen LogP contribution in [0.4, 0.5) is 0 Å². The zero-order valence-corrected chi connectivity index (χ0v) is 10.9. The number of carboxylic acid groups (broad SMARTS) is 1. The largest absolute Gasteiger partial charge is 0.477 e. The van der Waals surface area contributed by atoms with E-state index in [2.05, 4.69) is 15.2 Å². The monoisotopic (exact) mass is 270 g/mol. The lowest BCUT2D eigenvalue weighted by Gasteiger charge is -1.96. The highest BCUT2D eigenvalue weighted by molar-refractivity contribution is 8.00. The summed E-state index contributed by atoms with van der Waals surface area (Å²) >= 11 is 2.66. The highest BCUT2D eigenvalue weighted by Gasteiger charge is 2.14. The van der Waals surface area contributed by atoms with E-state index in [-0.39, 0.29) is 0 Å². The van der Waals surface area contributed by atoms with Crippen LogP contribution in [-0.2, 0) is 12.8 Å². The molecule has 0 atom stereocenters. The normalized spacial score (nSPS) is 10.7. The molecule has 8 heteroatoms. The van der Waals surface area contributed by atoms with Gasteiger partial charge in [0.25, 0.3) is 0 Å². The lowest BCUT2D eigenvalue weighted by atomic mass is 10.4. The summed E-state index contributed by atoms with van der Waals surface area (Å²) in [5.74, 6) is 0.535. The molecular formula is C9H10N4O2S2. The van der Waals surface area contributed by atoms with Gasteiger partial charge in [-0.05, 0) is 6.92 Å². The van der Waals surface area contributed by atoms with Crippen molar-refractivity contribution < 1.29 is 9.90 Å². The summed E-state index contributed by atoms with van der Waals surface area (Å²) in [4.78, 5) is 15.4. The van der Waals surface area contributed by atoms with Crippen LogP contribution in [0, 0.1) is 6.92 Å². The molecule has 0 aliphatic rings. The summed E-state index contributed by atoms with van der Waals surface area (Å²) in [6.07, 6.45) is 1.63. The maximum Gasteiger partial charge on any atom is 0.347 e. The van der Waals surface area contributed by atoms with E-state index in [4.69, 9.17) is 5.11 Å². The highest BCUT2D eigenvalue weighted by Crippen LogP contribution is 2.28. The number of hydrogen-bond acceptors (Lipinski definition) is 6. The topological polar surface area (TPSA) is 80.9 Å². The maximum atomic E-state index is 10.9. The fraction of sp³-hybridized carbons (Fsp3) is 0.333. The third kappa shape index (κ3) is 2.64. The molecule has 0 amide bonds. The Hall–Kier alpha value is -1.41. The number of thiazole rings is 1. The van der Waals surface area contributed by atoms with E-state index >= 15 is 0 Å². The van der Waals surface area contributed by atoms with Crippen molar-refractivity contribution in [3.8, 4) is 0 Å². The Kier molecular flexibility index (Phi) is 3.43. The van der Waals surface area contributed by atoms with Crippen LogP contribution in [0.15, 0.2) is 10.7 Å². The second kappa shape index (κ2) is 4.84. The van der Waals surface area contributed by atoms with Crippen LogP contribution in [-0.4, -0.2) is 30.8 Å². The molecule has 6 nitrogen and oxygen atoms in total. The molecule has 0 spiro atoms. The van der Waals surface area contributed by atoms with Gasteiger partial charge in [-0.1, -0.05) is 11.8 Å². The van der Waals surface area contributed by atoms with Crippen LogP contribution in [0.3, 0.4) is 0 Å². The molecule has 0 saturated carbocycles. The van der Waals surface area contributed by atoms with Crippen LogP contribution in [0.1, 0.15) is 21.2 Å². The standard InChI is InChI=1S/C9H10N4O2S2/c1-5-7(8(14)15)17-9(11-5)16-3-6-12-10-4-13(6)2/h4H,3H2,1-2H3,(H,14,15). The van der Waals surface area contributed by atoms with Crippen LogP contribution in [0.5, 0.6) is 0 Å². The van der Waals surface area contributed by atoms with E-state index in [0.29, 0.717) is 16.3 Å². The Labute approximate surface area is 106 Å². The number of hydrogen-bond donors (Lipinski definition) is 1. The summed E-state index contributed by atoms with van der Waals surface area (Å²) in [6, 6.07) is 0. The van der Waals surface area contributed by atoms with E-state index < -0.39 is 5.97 Å². The van der Waals surface area contributed by atoms with E-state index in [9.17, 15) is 4.79 Å². The SMILES string of the molecule is Cc1nc(SCc2nncn2C)sc1C(=O)O. The first-order chi connectivity index (χ1) is 8.08. The Morgan fingerprint density at radius 1 is 1.65 bits per heavy atom. The van der Waals surface area contributed by atoms with Crippen molar-refractivity contribution in [2.24, 2.45) is 7.05 Å². The number of aromatic nitrogens is 4. The molecular weight excluding hydrogens is 260 g/mol. The van der Waals surface area contributed by atoms with Gasteiger partial charge in [0.2, 0.25) is 0 Å². The second-order valence-electron chi connectivity index (χ2n) is 3.35. The summed E-state index contributed by atoms with van der Waals surface area (Å²) in [7, 11) is 1.87. The number of rotatable bonds is 4. The van der Waals surface area contributed by atoms with Crippen molar-refractivity contribution >= 4 is 29.1 Å². The number of aryl methyl sites for hydroxylation is 2. The van der Waals surface area contributed by atoms with Gasteiger partial charge in [0.15, 0.2) is 4.34 Å². The molecule has 1 N–H and O–H groups in total. The van der Waals surface area contributed by atoms with Gasteiger partial charge in [-0.15, -0.1) is 21.5 Å². The molecule has 0 aromatic carbocycles. The fourth-order valence-corrected chi connectivity index (χ4v) is 3.21. The lowest BCUT2D eigenvalue weighted by Crippen LogP contribution is -1.94. The minimum Gasteiger partial charge on any atom is -0.477 e. The second-order valence-corrected chi connectivity index (χ2v) is 5.57. The molecule has 0 unspecified atom stereocenters. The number of thioether (sulfide) groups is 1. The van der Waals surface area contributed by atoms with Crippen molar-refractivity contribution in [3.05, 3.63) is 22.7 Å². The zero-order chi connectivity index (χ0) is 12.4. The van der Waals surface area contributed by atoms with E-state index in [1.165, 1.54) is 23.1 Å². The molecule has 0 aliphatic carbocycles. The number of nitrogens with zero attached hydrogens (tertiary/aromatic N) is 4. The number of carbonyl (C=O) groups is 1. The Bertz CT molecular complexity index is 549. The molecule has 0 aliphatic heterocycles. The lowest BCUT2D eigenvalue weighted by molar-refractivity contribution is 0.0701. The van der Waals surface area contributed by atoms with Gasteiger partial charge in [-0.2, -0.15) is 0 Å². The van der Waals surface area contributed by atoms with Crippen molar-refractivity contribution in [1.82, 2.24) is 19.7 Å². The van der Waals surface area contributed by atoms with Crippen molar-refractivity contribution in [3.63, 3.8) is 0 Å². The molecule has 17 heavy (non-hydrogen) atoms. The van der Waals surface area contributed by atoms with Crippen LogP contribution < -0.4 is 0 Å². The van der Waals surface area contributed by atoms with Gasteiger partial charge in [0.05, 0.1) is 11.4 Å². The van der Waals surface area contributed by atoms with Gasteiger partial charge in [-0.3, -0.25) is 0 Å². The van der Waals surface area contributed by atoms with E-state index in [1.54, 1.807) is 13.3 Å². The molecule has 2 aromatic rings. The van der Waals surface area contributed by atoms with Crippen molar-refractivity contribution in [2.45, 2.75) is 17.0 Å². The van der Waals surface area contributed by atoms with Crippen LogP contribution in [0.25, 0.3) is 0 Å². The van der Waals surface area contributed by atoms with Gasteiger partial charge >= 0.3 is 5.97 Å². The molecule has 2 heterocycles. The minimum atomic E-state index is -0.925. The molecule has 2 aromatic heterocycles. The number of carboxylic acids is 1. The molecule has 0 saturated heterocycles. The predicted octanol–water partition coefficient (Wildman–Crippen LogP) is 1.57. The third-order valence-electron chi connectivity index (χ3n) is 2.10. The average Bonchev–Trinajstić information content (AvgIpc) is 2.82. The highest BCUT2D eigenvalue weighted by atomic mass is 32.2. The Morgan fingerprint density at radius 3 is 2.94 bits per heavy atom. The van der Waals surface area contributed by atoms with Crippen molar-refractivity contribution in [2.75, 3.05) is 0 Å². The first-order valence-corrected chi connectivity index (χ1v) is 6.54. The summed E-state index contributed by atoms with van der Waals surface area (Å²) < 4.78 is 2.56. The molecule has 2 rings (SSSR count). The summed E-state index contributed by atoms with van der Waals surface area (Å²) in [5, 5.41) is 16.6. The van der Waals surface area contributed by atoms with Gasteiger partial charge in [0, 0.05) is 7.05 Å². The van der Waals surface area contributed by atoms with E-state index in [0.717, 1.165) is 10.2 Å². The maximum absolute atomic E-state index is 10.9. The Balaban J connectivity index is 2.07. The van der Waals surface area contributed by atoms with Gasteiger partial charge in [0.1, 0.15) is 17.0 Å². The molecule has 90 valence electrons. The summed E-state index contributed by atoms with van der Waals surface area (Å²) in [6.45, 7) is 1.70. The quantitative estimate of drug-likeness (QED) is 0.849. The first-order valence-electron chi connectivity index (χ1n) is 4.74. The zero-order valence-electron chi connectivity index (χ0n) is 9.25. The number of aromatic carboxylic acids is 1. The van der Waals surface area contributed by atoms with Crippen LogP contribution >= 0.6 is 23.1 Å². The van der Waals surface area contributed by atoms with E-state index in [1.807, 2.05) is 11.6 Å². The molecule has 0 bridgehead atoms. The van der Waals surface area contributed by atoms with Crippen LogP contribution in [0.2, 0.25) is 0 Å². The predicted molar refractivity (Wildman–Crippen MR) is 64.4 cm³/mol. The molecule has 0 fully saturated rings. The molecule has 0 radical (unpaired) electrons. The smallest absolute Gasteiger partial charge is 0.347 e. The van der Waals surface area contributed by atoms with Gasteiger partial charge < -0.3 is 9.67 Å². The van der Waals surface area contributed by atoms with Crippen molar-refractivity contribution in [1.29, 1.82) is 0 Å². The fourth-order valence-electron chi connectivity index (χ4n) is 1.20. The average molecular weight is 270 g/mol. The summed E-state index contributed by atoms with van der Waals surface area (Å²) in [5.41, 5.74) is 0.558. The van der Waals surface area contributed by atoms with Gasteiger partial charge in [-0.25, -0.2) is 9.78 Å².